The molecule has 0 radical (unpaired) electrons. The van der Waals surface area contributed by atoms with Gasteiger partial charge in [-0.1, -0.05) is 51.4 Å². The molecule has 0 saturated carbocycles. The molecule has 0 unspecified atom stereocenters. The van der Waals surface area contributed by atoms with Crippen LogP contribution < -0.4 is 0 Å². The van der Waals surface area contributed by atoms with Crippen molar-refractivity contribution in [1.82, 2.24) is 0 Å². The Kier molecular flexibility index (Phi) is 9.92. The van der Waals surface area contributed by atoms with Crippen molar-refractivity contribution in [2.45, 2.75) is 103 Å². The van der Waals surface area contributed by atoms with E-state index >= 15 is 0 Å². The van der Waals surface area contributed by atoms with Crippen molar-refractivity contribution >= 4 is 32.8 Å². The highest BCUT2D eigenvalue weighted by molar-refractivity contribution is 6.77. The van der Waals surface area contributed by atoms with Gasteiger partial charge in [-0.05, 0) is 51.4 Å². The maximum Gasteiger partial charge on any atom is 0.241 e. The van der Waals surface area contributed by atoms with Gasteiger partial charge in [0.15, 0.2) is 0 Å². The molecule has 0 aliphatic heterocycles. The summed E-state index contributed by atoms with van der Waals surface area (Å²) < 4.78 is 12.8. The van der Waals surface area contributed by atoms with E-state index in [2.05, 4.69) is 90.7 Å². The Morgan fingerprint density at radius 2 is 0.808 bits per heavy atom. The molecule has 0 N–H and O–H groups in total. The number of allylic oxidation sites excluding steroid dienone is 4. The van der Waals surface area contributed by atoms with Gasteiger partial charge in [-0.15, -0.1) is 0 Å². The molecule has 0 aliphatic carbocycles. The lowest BCUT2D eigenvalue weighted by Crippen LogP contribution is -2.27. The van der Waals surface area contributed by atoms with E-state index in [1.165, 1.54) is 23.6 Å². The Labute approximate surface area is 168 Å². The summed E-state index contributed by atoms with van der Waals surface area (Å²) in [5.74, 6) is 2.40. The fourth-order valence-corrected chi connectivity index (χ4v) is 5.89. The lowest BCUT2D eigenvalue weighted by Gasteiger charge is -2.26. The van der Waals surface area contributed by atoms with Gasteiger partial charge in [-0.3, -0.25) is 0 Å². The minimum atomic E-state index is -1.58. The molecule has 154 valence electrons. The van der Waals surface area contributed by atoms with Gasteiger partial charge >= 0.3 is 0 Å². The van der Waals surface area contributed by atoms with Gasteiger partial charge in [-0.25, -0.2) is 0 Å². The average molecular weight is 431 g/mol. The van der Waals surface area contributed by atoms with Crippen LogP contribution in [-0.2, 0) is 8.85 Å². The minimum Gasteiger partial charge on any atom is -0.548 e. The van der Waals surface area contributed by atoms with Crippen LogP contribution in [0.25, 0.3) is 0 Å². The summed E-state index contributed by atoms with van der Waals surface area (Å²) in [6.45, 7) is 28.2. The van der Waals surface area contributed by atoms with Crippen LogP contribution in [0.3, 0.4) is 0 Å². The van der Waals surface area contributed by atoms with Crippen LogP contribution in [0.4, 0.5) is 0 Å². The molecule has 6 heteroatoms. The van der Waals surface area contributed by atoms with Gasteiger partial charge in [0, 0.05) is 29.0 Å². The van der Waals surface area contributed by atoms with Crippen molar-refractivity contribution < 1.29 is 8.85 Å². The van der Waals surface area contributed by atoms with Crippen molar-refractivity contribution in [1.29, 1.82) is 0 Å². The summed E-state index contributed by atoms with van der Waals surface area (Å²) in [6.07, 6.45) is 6.71. The molecule has 0 rings (SSSR count). The summed E-state index contributed by atoms with van der Waals surface area (Å²) in [5.41, 5.74) is 0. The SMILES string of the molecule is C[Si](C)(C)CC=C(CCC(=CC[Si](C)(C)C)O[Si](C)(C)C)O[Si](C)(C)C. The topological polar surface area (TPSA) is 18.5 Å². The lowest BCUT2D eigenvalue weighted by molar-refractivity contribution is 0.363. The zero-order valence-corrected chi connectivity index (χ0v) is 23.8. The van der Waals surface area contributed by atoms with Gasteiger partial charge in [0.05, 0.1) is 11.5 Å². The molecule has 0 aromatic carbocycles. The molecule has 0 aromatic rings. The van der Waals surface area contributed by atoms with Crippen LogP contribution >= 0.6 is 0 Å². The van der Waals surface area contributed by atoms with Gasteiger partial charge < -0.3 is 8.85 Å². The Morgan fingerprint density at radius 3 is 1.00 bits per heavy atom. The molecule has 0 aromatic heterocycles. The van der Waals surface area contributed by atoms with E-state index in [4.69, 9.17) is 8.85 Å². The summed E-state index contributed by atoms with van der Waals surface area (Å²) in [6, 6.07) is 2.38. The molecule has 0 saturated heterocycles. The Hall–Kier alpha value is -0.0525. The second-order valence-electron chi connectivity index (χ2n) is 11.8. The summed E-state index contributed by atoms with van der Waals surface area (Å²) in [4.78, 5) is 0. The molecule has 26 heavy (non-hydrogen) atoms. The van der Waals surface area contributed by atoms with E-state index in [9.17, 15) is 0 Å². The predicted molar refractivity (Wildman–Crippen MR) is 131 cm³/mol. The highest BCUT2D eigenvalue weighted by Gasteiger charge is 2.22. The molecule has 0 spiro atoms. The molecular formula is C20H46O2Si4. The van der Waals surface area contributed by atoms with E-state index in [-0.39, 0.29) is 0 Å². The number of rotatable bonds is 11. The lowest BCUT2D eigenvalue weighted by atomic mass is 10.2. The Morgan fingerprint density at radius 1 is 0.538 bits per heavy atom. The molecular weight excluding hydrogens is 385 g/mol. The van der Waals surface area contributed by atoms with Crippen LogP contribution in [0.1, 0.15) is 12.8 Å². The van der Waals surface area contributed by atoms with E-state index in [1.54, 1.807) is 0 Å². The molecule has 0 amide bonds. The number of hydrogen-bond acceptors (Lipinski definition) is 2. The first kappa shape index (κ1) is 25.9. The first-order valence-corrected chi connectivity index (χ1v) is 24.4. The summed E-state index contributed by atoms with van der Waals surface area (Å²) in [5, 5.41) is 0. The number of hydrogen-bond donors (Lipinski definition) is 0. The minimum absolute atomic E-state index is 0.969. The molecule has 0 bridgehead atoms. The highest BCUT2D eigenvalue weighted by Crippen LogP contribution is 2.24. The first-order chi connectivity index (χ1) is 11.4. The second kappa shape index (κ2) is 9.94. The third-order valence-electron chi connectivity index (χ3n) is 3.38. The monoisotopic (exact) mass is 430 g/mol. The smallest absolute Gasteiger partial charge is 0.241 e. The molecule has 0 atom stereocenters. The summed E-state index contributed by atoms with van der Waals surface area (Å²) >= 11 is 0. The van der Waals surface area contributed by atoms with Gasteiger partial charge in [0.2, 0.25) is 16.6 Å². The summed E-state index contributed by atoms with van der Waals surface area (Å²) in [7, 11) is -5.37. The van der Waals surface area contributed by atoms with Crippen LogP contribution in [0, 0.1) is 0 Å². The van der Waals surface area contributed by atoms with E-state index in [0.29, 0.717) is 0 Å². The molecule has 0 fully saturated rings. The molecule has 0 aliphatic rings. The highest BCUT2D eigenvalue weighted by atomic mass is 28.4. The van der Waals surface area contributed by atoms with Gasteiger partial charge in [-0.2, -0.15) is 0 Å². The van der Waals surface area contributed by atoms with E-state index in [1.807, 2.05) is 0 Å². The Bertz CT molecular complexity index is 438. The van der Waals surface area contributed by atoms with Crippen molar-refractivity contribution in [3.05, 3.63) is 23.7 Å². The van der Waals surface area contributed by atoms with Crippen LogP contribution in [0.15, 0.2) is 23.7 Å². The van der Waals surface area contributed by atoms with E-state index < -0.39 is 32.8 Å². The fourth-order valence-electron chi connectivity index (χ4n) is 2.26. The maximum atomic E-state index is 6.42. The first-order valence-electron chi connectivity index (χ1n) is 10.1. The van der Waals surface area contributed by atoms with Crippen LogP contribution in [-0.4, -0.2) is 32.8 Å². The molecule has 2 nitrogen and oxygen atoms in total. The third-order valence-corrected chi connectivity index (χ3v) is 7.98. The van der Waals surface area contributed by atoms with Crippen LogP contribution in [0.5, 0.6) is 0 Å². The molecule has 0 heterocycles. The van der Waals surface area contributed by atoms with Crippen molar-refractivity contribution in [2.75, 3.05) is 0 Å². The predicted octanol–water partition coefficient (Wildman–Crippen LogP) is 7.91. The second-order valence-corrected chi connectivity index (χ2v) is 31.7. The van der Waals surface area contributed by atoms with Crippen molar-refractivity contribution in [3.63, 3.8) is 0 Å². The van der Waals surface area contributed by atoms with Crippen LogP contribution in [0.2, 0.25) is 90.7 Å². The third kappa shape index (κ3) is 17.4. The van der Waals surface area contributed by atoms with Crippen molar-refractivity contribution in [2.24, 2.45) is 0 Å². The van der Waals surface area contributed by atoms with Crippen molar-refractivity contribution in [3.8, 4) is 0 Å². The van der Waals surface area contributed by atoms with Gasteiger partial charge in [0.1, 0.15) is 0 Å². The van der Waals surface area contributed by atoms with E-state index in [0.717, 1.165) is 12.8 Å². The zero-order valence-electron chi connectivity index (χ0n) is 19.8. The Balaban J connectivity index is 5.24. The maximum absolute atomic E-state index is 6.42. The average Bonchev–Trinajstić information content (AvgIpc) is 2.33. The fraction of sp³-hybridized carbons (Fsp3) is 0.800. The normalized spacial score (nSPS) is 15.2. The quantitative estimate of drug-likeness (QED) is 0.245. The zero-order chi connectivity index (χ0) is 20.8. The van der Waals surface area contributed by atoms with Gasteiger partial charge in [0.25, 0.3) is 0 Å². The standard InChI is InChI=1S/C20H46O2Si4/c1-23(2,3)17-15-19(21-25(7,8)9)13-14-20(22-26(10,11)12)16-18-24(4,5)6/h15-16H,13-14,17-18H2,1-12H3. The largest absolute Gasteiger partial charge is 0.548 e.